The number of hydrogen-bond acceptors (Lipinski definition) is 11. The molecule has 3 heterocycles. The van der Waals surface area contributed by atoms with Crippen LogP contribution in [0.4, 0.5) is 5.69 Å². The lowest BCUT2D eigenvalue weighted by Gasteiger charge is -2.25. The number of phosphoric ester groups is 1. The smallest absolute Gasteiger partial charge is 0.397 e. The van der Waals surface area contributed by atoms with Crippen molar-refractivity contribution >= 4 is 19.0 Å². The van der Waals surface area contributed by atoms with Crippen molar-refractivity contribution in [1.82, 2.24) is 9.61 Å². The zero-order valence-electron chi connectivity index (χ0n) is 33.4. The number of benzene rings is 1. The maximum absolute atomic E-state index is 13.1. The van der Waals surface area contributed by atoms with Gasteiger partial charge >= 0.3 is 7.82 Å². The number of aromatic nitrogens is 2. The van der Waals surface area contributed by atoms with Gasteiger partial charge in [-0.25, -0.2) is 9.08 Å². The highest BCUT2D eigenvalue weighted by Crippen LogP contribution is 2.46. The molecule has 0 spiro atoms. The van der Waals surface area contributed by atoms with Crippen LogP contribution < -0.4 is 5.73 Å². The second-order valence-electron chi connectivity index (χ2n) is 15.0. The van der Waals surface area contributed by atoms with Crippen LogP contribution in [0, 0.1) is 11.3 Å². The monoisotopic (exact) mass is 800 g/mol. The largest absolute Gasteiger partial charge is 0.472 e. The van der Waals surface area contributed by atoms with E-state index in [9.17, 15) is 24.9 Å². The molecule has 2 unspecified atom stereocenters. The maximum atomic E-state index is 13.1. The SMILES string of the molecule is CCCCCCCCCCCCCCCCCCOC[C@H](COP(=O)(O)OC[C@H]1O[C@@](C#N)(c2ccc3c(N)ccnn23)[C@H](O)[C@@H]1O)OC(C)c1ccccc1. The molecule has 4 rings (SSSR count). The van der Waals surface area contributed by atoms with Crippen molar-refractivity contribution in [3.63, 3.8) is 0 Å². The van der Waals surface area contributed by atoms with Gasteiger partial charge in [-0.05, 0) is 37.1 Å². The Bertz CT molecular complexity index is 1640. The molecule has 1 aliphatic heterocycles. The Morgan fingerprint density at radius 1 is 0.893 bits per heavy atom. The van der Waals surface area contributed by atoms with Gasteiger partial charge in [-0.15, -0.1) is 0 Å². The Morgan fingerprint density at radius 3 is 2.11 bits per heavy atom. The third kappa shape index (κ3) is 13.9. The number of rotatable bonds is 29. The van der Waals surface area contributed by atoms with Crippen molar-refractivity contribution in [2.24, 2.45) is 0 Å². The zero-order valence-corrected chi connectivity index (χ0v) is 34.3. The van der Waals surface area contributed by atoms with Gasteiger partial charge in [0.25, 0.3) is 0 Å². The van der Waals surface area contributed by atoms with E-state index in [0.717, 1.165) is 18.4 Å². The molecule has 312 valence electrons. The lowest BCUT2D eigenvalue weighted by Crippen LogP contribution is -2.41. The van der Waals surface area contributed by atoms with E-state index in [-0.39, 0.29) is 25.0 Å². The van der Waals surface area contributed by atoms with Crippen molar-refractivity contribution in [2.45, 2.75) is 153 Å². The van der Waals surface area contributed by atoms with Crippen molar-refractivity contribution in [2.75, 3.05) is 32.2 Å². The molecule has 14 heteroatoms. The van der Waals surface area contributed by atoms with E-state index in [1.54, 1.807) is 12.1 Å². The predicted octanol–water partition coefficient (Wildman–Crippen LogP) is 8.31. The summed E-state index contributed by atoms with van der Waals surface area (Å²) in [4.78, 5) is 10.6. The first-order valence-corrected chi connectivity index (χ1v) is 22.2. The van der Waals surface area contributed by atoms with Gasteiger partial charge in [0.2, 0.25) is 5.60 Å². The molecule has 0 radical (unpaired) electrons. The van der Waals surface area contributed by atoms with Crippen LogP contribution in [0.1, 0.15) is 134 Å². The van der Waals surface area contributed by atoms with Crippen LogP contribution in [0.5, 0.6) is 0 Å². The number of nitrogens with two attached hydrogens (primary N) is 1. The molecule has 0 bridgehead atoms. The molecule has 56 heavy (non-hydrogen) atoms. The van der Waals surface area contributed by atoms with E-state index in [2.05, 4.69) is 12.0 Å². The van der Waals surface area contributed by atoms with Crippen molar-refractivity contribution in [1.29, 1.82) is 5.26 Å². The Kier molecular flexibility index (Phi) is 19.7. The molecule has 1 saturated heterocycles. The molecule has 13 nitrogen and oxygen atoms in total. The summed E-state index contributed by atoms with van der Waals surface area (Å²) in [5, 5.41) is 36.2. The molecule has 3 aromatic rings. The van der Waals surface area contributed by atoms with Gasteiger partial charge in [-0.3, -0.25) is 9.05 Å². The average molecular weight is 801 g/mol. The molecular formula is C42H65N4O9P. The summed E-state index contributed by atoms with van der Waals surface area (Å²) < 4.78 is 43.0. The van der Waals surface area contributed by atoms with Crippen LogP contribution in [0.2, 0.25) is 0 Å². The molecule has 5 N–H and O–H groups in total. The van der Waals surface area contributed by atoms with Gasteiger partial charge in [0.15, 0.2) is 0 Å². The van der Waals surface area contributed by atoms with Crippen molar-refractivity contribution in [3.05, 3.63) is 66.0 Å². The number of aliphatic hydroxyl groups is 2. The van der Waals surface area contributed by atoms with Gasteiger partial charge in [-0.1, -0.05) is 134 Å². The lowest BCUT2D eigenvalue weighted by atomic mass is 9.92. The third-order valence-electron chi connectivity index (χ3n) is 10.5. The standard InChI is InChI=1S/C42H65N4O9P/c1-3-4-5-6-7-8-9-10-11-12-13-14-15-16-17-21-28-51-29-35(54-33(2)34-22-19-18-20-23-34)30-52-56(49,50)53-31-38-40(47)41(48)42(32-43,55-38)39-25-24-37-36(44)26-27-45-46(37)39/h18-20,22-27,33,35,38,40-41,47-48H,3-17,21,28-31,44H2,1-2H3,(H,49,50)/t33?,35-,38-,40-,41-,42+/m1/s1. The number of hydrogen-bond donors (Lipinski definition) is 4. The minimum Gasteiger partial charge on any atom is -0.397 e. The number of fused-ring (bicyclic) bond motifs is 1. The van der Waals surface area contributed by atoms with E-state index in [1.807, 2.05) is 43.3 Å². The minimum atomic E-state index is -4.72. The van der Waals surface area contributed by atoms with E-state index >= 15 is 0 Å². The van der Waals surface area contributed by atoms with Gasteiger partial charge in [-0.2, -0.15) is 10.4 Å². The Hall–Kier alpha value is -2.89. The first kappa shape index (κ1) is 45.8. The molecule has 1 aliphatic rings. The van der Waals surface area contributed by atoms with E-state index in [4.69, 9.17) is 29.0 Å². The molecule has 7 atom stereocenters. The van der Waals surface area contributed by atoms with E-state index in [0.29, 0.717) is 17.8 Å². The van der Waals surface area contributed by atoms with Gasteiger partial charge in [0, 0.05) is 12.8 Å². The number of phosphoric acid groups is 1. The van der Waals surface area contributed by atoms with Gasteiger partial charge in [0.1, 0.15) is 30.5 Å². The summed E-state index contributed by atoms with van der Waals surface area (Å²) >= 11 is 0. The van der Waals surface area contributed by atoms with Crippen LogP contribution in [-0.2, 0) is 33.4 Å². The number of ether oxygens (including phenoxy) is 3. The van der Waals surface area contributed by atoms with Gasteiger partial charge < -0.3 is 35.1 Å². The number of aliphatic hydroxyl groups excluding tert-OH is 2. The van der Waals surface area contributed by atoms with E-state index < -0.39 is 44.4 Å². The molecule has 1 aromatic carbocycles. The summed E-state index contributed by atoms with van der Waals surface area (Å²) in [5.74, 6) is 0. The molecule has 1 fully saturated rings. The maximum Gasteiger partial charge on any atom is 0.472 e. The molecule has 2 aromatic heterocycles. The van der Waals surface area contributed by atoms with Crippen molar-refractivity contribution in [3.8, 4) is 6.07 Å². The van der Waals surface area contributed by atoms with Crippen LogP contribution in [0.15, 0.2) is 54.7 Å². The number of nitriles is 1. The average Bonchev–Trinajstić information content (AvgIpc) is 3.75. The van der Waals surface area contributed by atoms with Crippen LogP contribution >= 0.6 is 7.82 Å². The van der Waals surface area contributed by atoms with Crippen molar-refractivity contribution < 1.29 is 42.9 Å². The normalized spacial score (nSPS) is 21.9. The Balaban J connectivity index is 1.18. The number of nitrogens with zero attached hydrogens (tertiary/aromatic N) is 3. The summed E-state index contributed by atoms with van der Waals surface area (Å²) in [6.45, 7) is 3.85. The molecular weight excluding hydrogens is 735 g/mol. The summed E-state index contributed by atoms with van der Waals surface area (Å²) in [7, 11) is -4.72. The molecule has 0 aliphatic carbocycles. The topological polar surface area (TPSA) is 191 Å². The third-order valence-corrected chi connectivity index (χ3v) is 11.5. The van der Waals surface area contributed by atoms with Gasteiger partial charge in [0.05, 0.1) is 42.8 Å². The first-order chi connectivity index (χ1) is 27.1. The van der Waals surface area contributed by atoms with Crippen LogP contribution in [-0.4, -0.2) is 75.6 Å². The quantitative estimate of drug-likeness (QED) is 0.0389. The first-order valence-electron chi connectivity index (χ1n) is 20.7. The summed E-state index contributed by atoms with van der Waals surface area (Å²) in [6.07, 6.45) is 16.3. The second kappa shape index (κ2) is 24.1. The van der Waals surface area contributed by atoms with Crippen LogP contribution in [0.25, 0.3) is 5.52 Å². The minimum absolute atomic E-state index is 0.131. The lowest BCUT2D eigenvalue weighted by molar-refractivity contribution is -0.0794. The highest BCUT2D eigenvalue weighted by atomic mass is 31.2. The Labute approximate surface area is 333 Å². The second-order valence-corrected chi connectivity index (χ2v) is 16.4. The predicted molar refractivity (Wildman–Crippen MR) is 216 cm³/mol. The highest BCUT2D eigenvalue weighted by Gasteiger charge is 2.58. The Morgan fingerprint density at radius 2 is 1.50 bits per heavy atom. The summed E-state index contributed by atoms with van der Waals surface area (Å²) in [5.41, 5.74) is 5.89. The number of nitrogen functional groups attached to an aromatic ring is 1. The molecule has 0 saturated carbocycles. The fraction of sp³-hybridized carbons (Fsp3) is 0.667. The number of unbranched alkanes of at least 4 members (excludes halogenated alkanes) is 15. The fourth-order valence-electron chi connectivity index (χ4n) is 7.20. The highest BCUT2D eigenvalue weighted by molar-refractivity contribution is 7.47. The zero-order chi connectivity index (χ0) is 40.2. The fourth-order valence-corrected chi connectivity index (χ4v) is 7.97. The summed E-state index contributed by atoms with van der Waals surface area (Å²) in [6, 6.07) is 16.3. The number of anilines is 1. The van der Waals surface area contributed by atoms with Crippen LogP contribution in [0.3, 0.4) is 0 Å². The molecule has 0 amide bonds. The van der Waals surface area contributed by atoms with E-state index in [1.165, 1.54) is 107 Å².